The third kappa shape index (κ3) is 5.60. The Morgan fingerprint density at radius 3 is 2.44 bits per heavy atom. The van der Waals surface area contributed by atoms with E-state index in [2.05, 4.69) is 4.98 Å². The van der Waals surface area contributed by atoms with Gasteiger partial charge in [0.2, 0.25) is 11.8 Å². The van der Waals surface area contributed by atoms with Crippen molar-refractivity contribution in [2.75, 3.05) is 20.2 Å². The summed E-state index contributed by atoms with van der Waals surface area (Å²) in [6.45, 7) is 2.63. The molecular weight excluding hydrogens is 537 g/mol. The fourth-order valence-electron chi connectivity index (χ4n) is 4.87. The van der Waals surface area contributed by atoms with Gasteiger partial charge in [-0.2, -0.15) is 13.2 Å². The zero-order valence-corrected chi connectivity index (χ0v) is 21.8. The number of carboxylic acids is 1. The first kappa shape index (κ1) is 28.1. The minimum absolute atomic E-state index is 0.0319. The van der Waals surface area contributed by atoms with Crippen LogP contribution in [-0.4, -0.2) is 66.9 Å². The molecule has 0 radical (unpaired) electrons. The van der Waals surface area contributed by atoms with Gasteiger partial charge in [-0.15, -0.1) is 0 Å². The molecule has 0 spiro atoms. The number of methoxy groups -OCH3 is 1. The number of benzene rings is 2. The number of ether oxygens (including phenoxy) is 1. The summed E-state index contributed by atoms with van der Waals surface area (Å²) in [5.74, 6) is -2.52. The Hall–Kier alpha value is -3.93. The number of carbonyl (C=O) groups excluding carboxylic acids is 1. The molecule has 8 nitrogen and oxygen atoms in total. The number of carboxylic acid groups (broad SMARTS) is 1. The summed E-state index contributed by atoms with van der Waals surface area (Å²) in [4.78, 5) is 28.2. The highest BCUT2D eigenvalue weighted by molar-refractivity contribution is 7.92. The highest BCUT2D eigenvalue weighted by Crippen LogP contribution is 2.46. The number of fused-ring (bicyclic) bond motifs is 3. The predicted octanol–water partition coefficient (Wildman–Crippen LogP) is 4.02. The smallest absolute Gasteiger partial charge is 0.481 e. The molecule has 2 aliphatic rings. The molecule has 0 aliphatic carbocycles. The van der Waals surface area contributed by atoms with Crippen molar-refractivity contribution in [3.05, 3.63) is 77.5 Å². The molecule has 206 valence electrons. The van der Waals surface area contributed by atoms with Crippen molar-refractivity contribution < 1.29 is 41.0 Å². The zero-order chi connectivity index (χ0) is 28.5. The lowest BCUT2D eigenvalue weighted by atomic mass is 9.95. The summed E-state index contributed by atoms with van der Waals surface area (Å²) in [7, 11) is -1.92. The number of halogens is 3. The second kappa shape index (κ2) is 10.7. The van der Waals surface area contributed by atoms with E-state index >= 15 is 0 Å². The number of aryl methyl sites for hydroxylation is 1. The molecule has 3 aromatic rings. The summed E-state index contributed by atoms with van der Waals surface area (Å²) in [6, 6.07) is 16.9. The molecule has 1 saturated heterocycles. The molecule has 5 rings (SSSR count). The number of hydrogen-bond acceptors (Lipinski definition) is 6. The molecule has 1 aromatic heterocycles. The molecule has 0 bridgehead atoms. The zero-order valence-electron chi connectivity index (χ0n) is 21.0. The third-order valence-corrected chi connectivity index (χ3v) is 9.11. The molecule has 1 N–H and O–H groups in total. The highest BCUT2D eigenvalue weighted by atomic mass is 32.2. The molecular formula is C27H25F3N2O6S. The Kier molecular flexibility index (Phi) is 7.69. The summed E-state index contributed by atoms with van der Waals surface area (Å²) < 4.78 is 63.6. The number of pyridine rings is 1. The van der Waals surface area contributed by atoms with Crippen LogP contribution in [0.2, 0.25) is 0 Å². The molecule has 1 fully saturated rings. The van der Waals surface area contributed by atoms with Gasteiger partial charge < -0.3 is 14.7 Å². The van der Waals surface area contributed by atoms with E-state index in [1.807, 2.05) is 49.4 Å². The normalized spacial score (nSPS) is 18.9. The quantitative estimate of drug-likeness (QED) is 0.511. The number of nitrogens with zero attached hydrogens (tertiary/aromatic N) is 2. The van der Waals surface area contributed by atoms with Gasteiger partial charge in [-0.25, -0.2) is 18.2 Å². The molecule has 2 atom stereocenters. The maximum absolute atomic E-state index is 13.2. The lowest BCUT2D eigenvalue weighted by molar-refractivity contribution is -0.192. The van der Waals surface area contributed by atoms with Crippen LogP contribution >= 0.6 is 0 Å². The van der Waals surface area contributed by atoms with E-state index < -0.39 is 27.2 Å². The van der Waals surface area contributed by atoms with E-state index in [0.717, 1.165) is 27.8 Å². The number of rotatable bonds is 4. The minimum Gasteiger partial charge on any atom is -0.481 e. The number of likely N-dealkylation sites (tertiary alicyclic amines) is 1. The first-order valence-corrected chi connectivity index (χ1v) is 13.4. The Morgan fingerprint density at radius 2 is 1.79 bits per heavy atom. The van der Waals surface area contributed by atoms with Crippen LogP contribution < -0.4 is 4.74 Å². The van der Waals surface area contributed by atoms with E-state index in [1.165, 1.54) is 0 Å². The molecule has 1 amide bonds. The van der Waals surface area contributed by atoms with Crippen molar-refractivity contribution in [2.24, 2.45) is 0 Å². The summed E-state index contributed by atoms with van der Waals surface area (Å²) in [5, 5.41) is 6.53. The van der Waals surface area contributed by atoms with Crippen molar-refractivity contribution in [3.8, 4) is 17.0 Å². The second-order valence-corrected chi connectivity index (χ2v) is 11.3. The van der Waals surface area contributed by atoms with Crippen LogP contribution in [0, 0.1) is 6.92 Å². The van der Waals surface area contributed by atoms with Crippen LogP contribution in [0.1, 0.15) is 22.6 Å². The van der Waals surface area contributed by atoms with E-state index in [-0.39, 0.29) is 24.8 Å². The van der Waals surface area contributed by atoms with E-state index in [4.69, 9.17) is 14.6 Å². The number of hydrogen-bond donors (Lipinski definition) is 1. The molecule has 2 unspecified atom stereocenters. The third-order valence-electron chi connectivity index (χ3n) is 6.85. The van der Waals surface area contributed by atoms with Gasteiger partial charge in [0.05, 0.1) is 23.7 Å². The molecule has 2 aliphatic heterocycles. The van der Waals surface area contributed by atoms with Crippen LogP contribution in [0.15, 0.2) is 65.7 Å². The van der Waals surface area contributed by atoms with E-state index in [9.17, 15) is 26.4 Å². The van der Waals surface area contributed by atoms with Gasteiger partial charge >= 0.3 is 12.1 Å². The summed E-state index contributed by atoms with van der Waals surface area (Å²) in [5.41, 5.74) is 4.49. The first-order chi connectivity index (χ1) is 18.3. The van der Waals surface area contributed by atoms with Crippen molar-refractivity contribution >= 4 is 21.7 Å². The SMILES string of the molecule is COc1ncccc1-c1ccc2c(c1)C1CN(C(=O)Cc3ccccc3C)CC1S2(=O)=O.O=C(O)C(F)(F)F. The number of sulfone groups is 1. The van der Waals surface area contributed by atoms with Gasteiger partial charge in [-0.05, 0) is 53.4 Å². The van der Waals surface area contributed by atoms with Crippen LogP contribution in [0.4, 0.5) is 13.2 Å². The molecule has 12 heteroatoms. The Balaban J connectivity index is 0.000000448. The van der Waals surface area contributed by atoms with Gasteiger partial charge in [0, 0.05) is 30.8 Å². The number of aliphatic carboxylic acids is 1. The van der Waals surface area contributed by atoms with Gasteiger partial charge in [0.15, 0.2) is 9.84 Å². The van der Waals surface area contributed by atoms with Crippen molar-refractivity contribution in [3.63, 3.8) is 0 Å². The van der Waals surface area contributed by atoms with Crippen molar-refractivity contribution in [1.82, 2.24) is 9.88 Å². The van der Waals surface area contributed by atoms with Crippen LogP contribution in [0.5, 0.6) is 5.88 Å². The fraction of sp³-hybridized carbons (Fsp3) is 0.296. The monoisotopic (exact) mass is 562 g/mol. The standard InChI is InChI=1S/C25H24N2O4S.C2HF3O2/c1-16-6-3-4-7-17(16)13-24(28)27-14-21-20-12-18(19-8-5-11-26-25(19)31-2)9-10-22(20)32(29,30)23(21)15-27;3-2(4,5)1(6)7/h3-12,21,23H,13-15H2,1-2H3;(H,6,7). The van der Waals surface area contributed by atoms with Gasteiger partial charge in [0.25, 0.3) is 0 Å². The molecule has 3 heterocycles. The number of carbonyl (C=O) groups is 2. The number of amides is 1. The lowest BCUT2D eigenvalue weighted by Crippen LogP contribution is -2.33. The average molecular weight is 563 g/mol. The summed E-state index contributed by atoms with van der Waals surface area (Å²) >= 11 is 0. The maximum atomic E-state index is 13.2. The van der Waals surface area contributed by atoms with Crippen molar-refractivity contribution in [2.45, 2.75) is 35.6 Å². The number of aromatic nitrogens is 1. The second-order valence-electron chi connectivity index (χ2n) is 9.21. The Labute approximate surface area is 223 Å². The fourth-order valence-corrected chi connectivity index (χ4v) is 7.04. The first-order valence-electron chi connectivity index (χ1n) is 11.8. The Bertz CT molecular complexity index is 1520. The largest absolute Gasteiger partial charge is 0.490 e. The number of alkyl halides is 3. The van der Waals surface area contributed by atoms with Crippen LogP contribution in [0.3, 0.4) is 0 Å². The van der Waals surface area contributed by atoms with Crippen molar-refractivity contribution in [1.29, 1.82) is 0 Å². The minimum atomic E-state index is -5.08. The van der Waals surface area contributed by atoms with Crippen LogP contribution in [-0.2, 0) is 25.8 Å². The van der Waals surface area contributed by atoms with Gasteiger partial charge in [-0.3, -0.25) is 4.79 Å². The molecule has 2 aromatic carbocycles. The average Bonchev–Trinajstić information content (AvgIpc) is 3.43. The molecule has 0 saturated carbocycles. The lowest BCUT2D eigenvalue weighted by Gasteiger charge is -2.19. The predicted molar refractivity (Wildman–Crippen MR) is 135 cm³/mol. The van der Waals surface area contributed by atoms with Gasteiger partial charge in [0.1, 0.15) is 0 Å². The topological polar surface area (TPSA) is 114 Å². The molecule has 39 heavy (non-hydrogen) atoms. The van der Waals surface area contributed by atoms with E-state index in [1.54, 1.807) is 30.3 Å². The Morgan fingerprint density at radius 1 is 1.10 bits per heavy atom. The highest BCUT2D eigenvalue weighted by Gasteiger charge is 2.51. The maximum Gasteiger partial charge on any atom is 0.490 e. The van der Waals surface area contributed by atoms with E-state index in [0.29, 0.717) is 17.3 Å². The van der Waals surface area contributed by atoms with Crippen LogP contribution in [0.25, 0.3) is 11.1 Å². The summed E-state index contributed by atoms with van der Waals surface area (Å²) in [6.07, 6.45) is -3.14. The van der Waals surface area contributed by atoms with Gasteiger partial charge in [-0.1, -0.05) is 30.3 Å².